The third-order valence-electron chi connectivity index (χ3n) is 4.00. The van der Waals surface area contributed by atoms with Crippen molar-refractivity contribution in [2.45, 2.75) is 19.3 Å². The van der Waals surface area contributed by atoms with Crippen molar-refractivity contribution >= 4 is 40.7 Å². The highest BCUT2D eigenvalue weighted by molar-refractivity contribution is 6.42. The number of anilines is 1. The number of hydrogen-bond acceptors (Lipinski definition) is 3. The minimum atomic E-state index is -0.261. The van der Waals surface area contributed by atoms with Gasteiger partial charge in [0.25, 0.3) is 0 Å². The molecule has 2 aromatic carbocycles. The number of carbonyl (C=O) groups excluding carboxylic acids is 2. The maximum absolute atomic E-state index is 12.2. The number of amides is 2. The van der Waals surface area contributed by atoms with E-state index in [0.29, 0.717) is 40.7 Å². The highest BCUT2D eigenvalue weighted by Gasteiger charge is 2.13. The largest absolute Gasteiger partial charge is 0.497 e. The van der Waals surface area contributed by atoms with Crippen LogP contribution in [0.1, 0.15) is 18.4 Å². The van der Waals surface area contributed by atoms with E-state index in [9.17, 15) is 9.59 Å². The molecule has 0 aliphatic heterocycles. The molecule has 2 aromatic rings. The molecule has 0 radical (unpaired) electrons. The van der Waals surface area contributed by atoms with Crippen molar-refractivity contribution in [3.8, 4) is 5.75 Å². The number of aryl methyl sites for hydroxylation is 1. The first-order valence-electron chi connectivity index (χ1n) is 8.51. The Morgan fingerprint density at radius 1 is 1.11 bits per heavy atom. The Balaban J connectivity index is 1.77. The molecule has 0 fully saturated rings. The minimum absolute atomic E-state index is 0.0111. The van der Waals surface area contributed by atoms with E-state index < -0.39 is 0 Å². The average Bonchev–Trinajstić information content (AvgIpc) is 2.64. The molecule has 0 aliphatic carbocycles. The van der Waals surface area contributed by atoms with Crippen molar-refractivity contribution in [1.82, 2.24) is 4.90 Å². The van der Waals surface area contributed by atoms with Gasteiger partial charge >= 0.3 is 0 Å². The summed E-state index contributed by atoms with van der Waals surface area (Å²) in [4.78, 5) is 25.8. The summed E-state index contributed by atoms with van der Waals surface area (Å²) < 4.78 is 5.12. The van der Waals surface area contributed by atoms with Gasteiger partial charge in [0.1, 0.15) is 5.75 Å². The van der Waals surface area contributed by atoms with Gasteiger partial charge in [-0.15, -0.1) is 0 Å². The molecule has 0 aromatic heterocycles. The van der Waals surface area contributed by atoms with Crippen molar-refractivity contribution in [1.29, 1.82) is 0 Å². The maximum Gasteiger partial charge on any atom is 0.243 e. The summed E-state index contributed by atoms with van der Waals surface area (Å²) in [6, 6.07) is 12.5. The molecule has 0 saturated heterocycles. The quantitative estimate of drug-likeness (QED) is 0.702. The van der Waals surface area contributed by atoms with Gasteiger partial charge < -0.3 is 15.0 Å². The van der Waals surface area contributed by atoms with Crippen molar-refractivity contribution < 1.29 is 14.3 Å². The van der Waals surface area contributed by atoms with Gasteiger partial charge in [-0.3, -0.25) is 9.59 Å². The topological polar surface area (TPSA) is 58.6 Å². The Morgan fingerprint density at radius 2 is 1.89 bits per heavy atom. The van der Waals surface area contributed by atoms with Gasteiger partial charge in [0.2, 0.25) is 11.8 Å². The smallest absolute Gasteiger partial charge is 0.243 e. The van der Waals surface area contributed by atoms with E-state index in [-0.39, 0.29) is 18.4 Å². The first-order valence-corrected chi connectivity index (χ1v) is 9.26. The number of carbonyl (C=O) groups is 2. The Labute approximate surface area is 169 Å². The SMILES string of the molecule is COc1cccc(NC(=O)CN(C)C(=O)CCCc2ccc(Cl)c(Cl)c2)c1. The van der Waals surface area contributed by atoms with Crippen LogP contribution in [0.25, 0.3) is 0 Å². The number of ether oxygens (including phenoxy) is 1. The summed E-state index contributed by atoms with van der Waals surface area (Å²) in [6.45, 7) is -0.0111. The zero-order valence-corrected chi connectivity index (χ0v) is 16.8. The zero-order chi connectivity index (χ0) is 19.8. The van der Waals surface area contributed by atoms with Crippen LogP contribution in [0.5, 0.6) is 5.75 Å². The molecular formula is C20H22Cl2N2O3. The summed E-state index contributed by atoms with van der Waals surface area (Å²) in [7, 11) is 3.18. The highest BCUT2D eigenvalue weighted by atomic mass is 35.5. The molecule has 0 spiro atoms. The van der Waals surface area contributed by atoms with E-state index in [4.69, 9.17) is 27.9 Å². The lowest BCUT2D eigenvalue weighted by Crippen LogP contribution is -2.34. The lowest BCUT2D eigenvalue weighted by atomic mass is 10.1. The van der Waals surface area contributed by atoms with Gasteiger partial charge in [-0.05, 0) is 42.7 Å². The van der Waals surface area contributed by atoms with Crippen LogP contribution in [-0.4, -0.2) is 37.4 Å². The summed E-state index contributed by atoms with van der Waals surface area (Å²) in [5.74, 6) is 0.305. The number of nitrogens with one attached hydrogen (secondary N) is 1. The maximum atomic E-state index is 12.2. The number of hydrogen-bond donors (Lipinski definition) is 1. The minimum Gasteiger partial charge on any atom is -0.497 e. The second-order valence-electron chi connectivity index (χ2n) is 6.13. The van der Waals surface area contributed by atoms with Crippen LogP contribution in [0.15, 0.2) is 42.5 Å². The normalized spacial score (nSPS) is 10.4. The number of methoxy groups -OCH3 is 1. The van der Waals surface area contributed by atoms with Crippen molar-refractivity contribution in [3.05, 3.63) is 58.1 Å². The van der Waals surface area contributed by atoms with Crippen LogP contribution >= 0.6 is 23.2 Å². The van der Waals surface area contributed by atoms with E-state index >= 15 is 0 Å². The van der Waals surface area contributed by atoms with Crippen LogP contribution in [0, 0.1) is 0 Å². The third kappa shape index (κ3) is 6.77. The monoisotopic (exact) mass is 408 g/mol. The van der Waals surface area contributed by atoms with Crippen molar-refractivity contribution in [3.63, 3.8) is 0 Å². The summed E-state index contributed by atoms with van der Waals surface area (Å²) >= 11 is 11.9. The number of likely N-dealkylation sites (N-methyl/N-ethyl adjacent to an activating group) is 1. The first-order chi connectivity index (χ1) is 12.9. The number of rotatable bonds is 8. The van der Waals surface area contributed by atoms with E-state index in [1.165, 1.54) is 4.90 Å². The van der Waals surface area contributed by atoms with Crippen molar-refractivity contribution in [2.24, 2.45) is 0 Å². The second kappa shape index (κ2) is 10.2. The molecule has 27 heavy (non-hydrogen) atoms. The van der Waals surface area contributed by atoms with Gasteiger partial charge in [-0.25, -0.2) is 0 Å². The first kappa shape index (κ1) is 21.1. The van der Waals surface area contributed by atoms with Crippen LogP contribution in [0.3, 0.4) is 0 Å². The van der Waals surface area contributed by atoms with Crippen LogP contribution in [0.4, 0.5) is 5.69 Å². The van der Waals surface area contributed by atoms with Gasteiger partial charge in [0.05, 0.1) is 23.7 Å². The van der Waals surface area contributed by atoms with Crippen LogP contribution < -0.4 is 10.1 Å². The third-order valence-corrected chi connectivity index (χ3v) is 4.74. The zero-order valence-electron chi connectivity index (χ0n) is 15.3. The molecule has 0 unspecified atom stereocenters. The molecule has 5 nitrogen and oxygen atoms in total. The molecule has 2 rings (SSSR count). The molecule has 0 heterocycles. The molecular weight excluding hydrogens is 387 g/mol. The molecule has 7 heteroatoms. The number of halogens is 2. The fourth-order valence-electron chi connectivity index (χ4n) is 2.53. The molecule has 0 saturated carbocycles. The predicted molar refractivity (Wildman–Crippen MR) is 109 cm³/mol. The standard InChI is InChI=1S/C20H22Cl2N2O3/c1-24(13-19(25)23-15-6-4-7-16(12-15)27-2)20(26)8-3-5-14-9-10-17(21)18(22)11-14/h4,6-7,9-12H,3,5,8,13H2,1-2H3,(H,23,25). The van der Waals surface area contributed by atoms with E-state index in [2.05, 4.69) is 5.32 Å². The van der Waals surface area contributed by atoms with Gasteiger partial charge in [0.15, 0.2) is 0 Å². The summed E-state index contributed by atoms with van der Waals surface area (Å²) in [6.07, 6.45) is 1.73. The molecule has 2 amide bonds. The predicted octanol–water partition coefficient (Wildman–Crippen LogP) is 4.42. The molecule has 144 valence electrons. The lowest BCUT2D eigenvalue weighted by molar-refractivity contribution is -0.133. The Morgan fingerprint density at radius 3 is 2.59 bits per heavy atom. The van der Waals surface area contributed by atoms with E-state index in [0.717, 1.165) is 5.56 Å². The Bertz CT molecular complexity index is 812. The average molecular weight is 409 g/mol. The number of benzene rings is 2. The number of nitrogens with zero attached hydrogens (tertiary/aromatic N) is 1. The fraction of sp³-hybridized carbons (Fsp3) is 0.300. The van der Waals surface area contributed by atoms with E-state index in [1.807, 2.05) is 6.07 Å². The van der Waals surface area contributed by atoms with Gasteiger partial charge in [0, 0.05) is 25.2 Å². The Hall–Kier alpha value is -2.24. The molecule has 0 bridgehead atoms. The molecule has 1 N–H and O–H groups in total. The summed E-state index contributed by atoms with van der Waals surface area (Å²) in [5.41, 5.74) is 1.65. The molecule has 0 aliphatic rings. The fourth-order valence-corrected chi connectivity index (χ4v) is 2.86. The Kier molecular flexibility index (Phi) is 7.95. The van der Waals surface area contributed by atoms with E-state index in [1.54, 1.807) is 50.6 Å². The van der Waals surface area contributed by atoms with Crippen molar-refractivity contribution in [2.75, 3.05) is 26.0 Å². The lowest BCUT2D eigenvalue weighted by Gasteiger charge is -2.17. The summed E-state index contributed by atoms with van der Waals surface area (Å²) in [5, 5.41) is 3.77. The molecule has 0 atom stereocenters. The van der Waals surface area contributed by atoms with Gasteiger partial charge in [-0.1, -0.05) is 35.3 Å². The van der Waals surface area contributed by atoms with Gasteiger partial charge in [-0.2, -0.15) is 0 Å². The van der Waals surface area contributed by atoms with Crippen LogP contribution in [-0.2, 0) is 16.0 Å². The van der Waals surface area contributed by atoms with Crippen LogP contribution in [0.2, 0.25) is 10.0 Å². The second-order valence-corrected chi connectivity index (χ2v) is 6.95. The highest BCUT2D eigenvalue weighted by Crippen LogP contribution is 2.23.